The molecule has 2 aromatic carbocycles. The van der Waals surface area contributed by atoms with Gasteiger partial charge in [0.15, 0.2) is 0 Å². The number of aryl methyl sites for hydroxylation is 1. The second kappa shape index (κ2) is 6.75. The maximum absolute atomic E-state index is 10.7. The Morgan fingerprint density at radius 2 is 1.91 bits per heavy atom. The SMILES string of the molecule is CNC[C@@H](O)[C@H](c1ccccc1)n1cc(C)c2cc(Cl)ccc21. The van der Waals surface area contributed by atoms with Crippen LogP contribution >= 0.6 is 11.6 Å². The highest BCUT2D eigenvalue weighted by Gasteiger charge is 2.24. The normalized spacial score (nSPS) is 14.1. The van der Waals surface area contributed by atoms with Crippen LogP contribution in [0, 0.1) is 6.92 Å². The van der Waals surface area contributed by atoms with Crippen molar-refractivity contribution in [1.29, 1.82) is 0 Å². The zero-order valence-corrected chi connectivity index (χ0v) is 14.1. The molecule has 3 aromatic rings. The number of likely N-dealkylation sites (N-methyl/N-ethyl adjacent to an activating group) is 1. The monoisotopic (exact) mass is 328 g/mol. The summed E-state index contributed by atoms with van der Waals surface area (Å²) in [6.07, 6.45) is 1.56. The Kier molecular flexibility index (Phi) is 4.71. The maximum atomic E-state index is 10.7. The molecule has 1 aromatic heterocycles. The number of aromatic nitrogens is 1. The molecular formula is C19H21ClN2O. The molecule has 0 aliphatic heterocycles. The van der Waals surface area contributed by atoms with Gasteiger partial charge in [0.2, 0.25) is 0 Å². The Bertz CT molecular complexity index is 798. The number of hydrogen-bond donors (Lipinski definition) is 2. The zero-order valence-electron chi connectivity index (χ0n) is 13.3. The number of hydrogen-bond acceptors (Lipinski definition) is 2. The Balaban J connectivity index is 2.17. The first kappa shape index (κ1) is 16.1. The highest BCUT2D eigenvalue weighted by atomic mass is 35.5. The molecule has 0 saturated heterocycles. The molecule has 0 saturated carbocycles. The van der Waals surface area contributed by atoms with Crippen molar-refractivity contribution in [3.63, 3.8) is 0 Å². The quantitative estimate of drug-likeness (QED) is 0.748. The van der Waals surface area contributed by atoms with Gasteiger partial charge >= 0.3 is 0 Å². The summed E-state index contributed by atoms with van der Waals surface area (Å²) in [7, 11) is 1.85. The summed E-state index contributed by atoms with van der Waals surface area (Å²) in [4.78, 5) is 0. The van der Waals surface area contributed by atoms with Crippen molar-refractivity contribution < 1.29 is 5.11 Å². The summed E-state index contributed by atoms with van der Waals surface area (Å²) < 4.78 is 2.15. The van der Waals surface area contributed by atoms with Crippen molar-refractivity contribution in [2.24, 2.45) is 0 Å². The summed E-state index contributed by atoms with van der Waals surface area (Å²) in [5.41, 5.74) is 3.32. The molecule has 0 amide bonds. The van der Waals surface area contributed by atoms with E-state index in [9.17, 15) is 5.11 Å². The van der Waals surface area contributed by atoms with Crippen molar-refractivity contribution in [3.8, 4) is 0 Å². The number of benzene rings is 2. The van der Waals surface area contributed by atoms with Crippen LogP contribution in [0.1, 0.15) is 17.2 Å². The van der Waals surface area contributed by atoms with E-state index in [2.05, 4.69) is 35.1 Å². The van der Waals surface area contributed by atoms with E-state index >= 15 is 0 Å². The predicted molar refractivity (Wildman–Crippen MR) is 96.2 cm³/mol. The maximum Gasteiger partial charge on any atom is 0.0912 e. The van der Waals surface area contributed by atoms with Crippen LogP contribution in [0.2, 0.25) is 5.02 Å². The largest absolute Gasteiger partial charge is 0.389 e. The first-order valence-electron chi connectivity index (χ1n) is 7.76. The van der Waals surface area contributed by atoms with Crippen LogP contribution in [0.5, 0.6) is 0 Å². The van der Waals surface area contributed by atoms with E-state index in [-0.39, 0.29) is 6.04 Å². The van der Waals surface area contributed by atoms with Crippen LogP contribution in [-0.4, -0.2) is 29.4 Å². The third kappa shape index (κ3) is 3.13. The highest BCUT2D eigenvalue weighted by Crippen LogP contribution is 2.31. The van der Waals surface area contributed by atoms with E-state index in [1.54, 1.807) is 0 Å². The number of halogens is 1. The fraction of sp³-hybridized carbons (Fsp3) is 0.263. The lowest BCUT2D eigenvalue weighted by Gasteiger charge is -2.26. The van der Waals surface area contributed by atoms with Crippen LogP contribution in [0.25, 0.3) is 10.9 Å². The molecule has 23 heavy (non-hydrogen) atoms. The molecule has 0 aliphatic carbocycles. The van der Waals surface area contributed by atoms with E-state index in [0.29, 0.717) is 6.54 Å². The van der Waals surface area contributed by atoms with Crippen molar-refractivity contribution in [2.75, 3.05) is 13.6 Å². The lowest BCUT2D eigenvalue weighted by Crippen LogP contribution is -2.33. The number of aliphatic hydroxyl groups is 1. The van der Waals surface area contributed by atoms with Gasteiger partial charge in [-0.05, 0) is 43.3 Å². The van der Waals surface area contributed by atoms with Crippen LogP contribution in [0.15, 0.2) is 54.7 Å². The van der Waals surface area contributed by atoms with E-state index in [0.717, 1.165) is 27.1 Å². The fourth-order valence-corrected chi connectivity index (χ4v) is 3.34. The lowest BCUT2D eigenvalue weighted by atomic mass is 10.0. The molecule has 0 spiro atoms. The third-order valence-electron chi connectivity index (χ3n) is 4.21. The van der Waals surface area contributed by atoms with Gasteiger partial charge in [-0.2, -0.15) is 0 Å². The van der Waals surface area contributed by atoms with Crippen molar-refractivity contribution in [2.45, 2.75) is 19.1 Å². The van der Waals surface area contributed by atoms with E-state index in [1.165, 1.54) is 0 Å². The summed E-state index contributed by atoms with van der Waals surface area (Å²) in [6.45, 7) is 2.59. The van der Waals surface area contributed by atoms with Gasteiger partial charge in [-0.1, -0.05) is 41.9 Å². The topological polar surface area (TPSA) is 37.2 Å². The Morgan fingerprint density at radius 3 is 2.61 bits per heavy atom. The fourth-order valence-electron chi connectivity index (χ4n) is 3.17. The molecule has 4 heteroatoms. The van der Waals surface area contributed by atoms with E-state index in [1.807, 2.05) is 43.4 Å². The van der Waals surface area contributed by atoms with Gasteiger partial charge in [-0.3, -0.25) is 0 Å². The molecule has 3 nitrogen and oxygen atoms in total. The van der Waals surface area contributed by atoms with E-state index < -0.39 is 6.10 Å². The highest BCUT2D eigenvalue weighted by molar-refractivity contribution is 6.31. The standard InChI is InChI=1S/C19H21ClN2O/c1-13-12-22(17-9-8-15(20)10-16(13)17)19(18(23)11-21-2)14-6-4-3-5-7-14/h3-10,12,18-19,21,23H,11H2,1-2H3/t18-,19+/m1/s1. The number of rotatable bonds is 5. The average Bonchev–Trinajstić information content (AvgIpc) is 2.85. The molecule has 0 fully saturated rings. The van der Waals surface area contributed by atoms with Gasteiger partial charge < -0.3 is 15.0 Å². The number of nitrogens with one attached hydrogen (secondary N) is 1. The molecule has 2 N–H and O–H groups in total. The van der Waals surface area contributed by atoms with Crippen molar-refractivity contribution >= 4 is 22.5 Å². The first-order chi connectivity index (χ1) is 11.1. The molecule has 0 aliphatic rings. The smallest absolute Gasteiger partial charge is 0.0912 e. The molecule has 3 rings (SSSR count). The van der Waals surface area contributed by atoms with Gasteiger partial charge in [-0.15, -0.1) is 0 Å². The second-order valence-corrected chi connectivity index (χ2v) is 6.30. The summed E-state index contributed by atoms with van der Waals surface area (Å²) in [5, 5.41) is 15.6. The lowest BCUT2D eigenvalue weighted by molar-refractivity contribution is 0.132. The number of aliphatic hydroxyl groups excluding tert-OH is 1. The number of nitrogens with zero attached hydrogens (tertiary/aromatic N) is 1. The minimum Gasteiger partial charge on any atom is -0.389 e. The van der Waals surface area contributed by atoms with Crippen molar-refractivity contribution in [1.82, 2.24) is 9.88 Å². The van der Waals surface area contributed by atoms with Gasteiger partial charge in [0.1, 0.15) is 0 Å². The molecule has 0 radical (unpaired) electrons. The minimum absolute atomic E-state index is 0.152. The van der Waals surface area contributed by atoms with Gasteiger partial charge in [0.05, 0.1) is 12.1 Å². The third-order valence-corrected chi connectivity index (χ3v) is 4.45. The van der Waals surface area contributed by atoms with Gasteiger partial charge in [0, 0.05) is 28.7 Å². The molecular weight excluding hydrogens is 308 g/mol. The van der Waals surface area contributed by atoms with Crippen LogP contribution in [0.3, 0.4) is 0 Å². The zero-order chi connectivity index (χ0) is 16.4. The molecule has 120 valence electrons. The molecule has 1 heterocycles. The molecule has 0 unspecified atom stereocenters. The van der Waals surface area contributed by atoms with Crippen LogP contribution < -0.4 is 5.32 Å². The molecule has 0 bridgehead atoms. The summed E-state index contributed by atoms with van der Waals surface area (Å²) in [5.74, 6) is 0. The predicted octanol–water partition coefficient (Wildman–Crippen LogP) is 3.77. The van der Waals surface area contributed by atoms with Gasteiger partial charge in [-0.25, -0.2) is 0 Å². The summed E-state index contributed by atoms with van der Waals surface area (Å²) >= 11 is 6.14. The van der Waals surface area contributed by atoms with Crippen LogP contribution in [-0.2, 0) is 0 Å². The Labute approximate surface area is 141 Å². The van der Waals surface area contributed by atoms with E-state index in [4.69, 9.17) is 11.6 Å². The van der Waals surface area contributed by atoms with Crippen molar-refractivity contribution in [3.05, 3.63) is 70.9 Å². The van der Waals surface area contributed by atoms with Crippen LogP contribution in [0.4, 0.5) is 0 Å². The first-order valence-corrected chi connectivity index (χ1v) is 8.14. The summed E-state index contributed by atoms with van der Waals surface area (Å²) in [6, 6.07) is 15.9. The Morgan fingerprint density at radius 1 is 1.17 bits per heavy atom. The molecule has 2 atom stereocenters. The Hall–Kier alpha value is -1.81. The second-order valence-electron chi connectivity index (χ2n) is 5.86. The number of fused-ring (bicyclic) bond motifs is 1. The minimum atomic E-state index is -0.534. The van der Waals surface area contributed by atoms with Gasteiger partial charge in [0.25, 0.3) is 0 Å². The average molecular weight is 329 g/mol.